The van der Waals surface area contributed by atoms with Gasteiger partial charge in [0.2, 0.25) is 10.0 Å². The van der Waals surface area contributed by atoms with Crippen LogP contribution in [0.2, 0.25) is 0 Å². The van der Waals surface area contributed by atoms with E-state index in [2.05, 4.69) is 9.71 Å². The van der Waals surface area contributed by atoms with Crippen molar-refractivity contribution in [2.75, 3.05) is 22.0 Å². The molecule has 0 aliphatic heterocycles. The number of aromatic nitrogens is 1. The molecule has 0 aliphatic carbocycles. The zero-order valence-electron chi connectivity index (χ0n) is 10.9. The fraction of sp³-hybridized carbons (Fsp3) is 0.250. The lowest BCUT2D eigenvalue weighted by molar-refractivity contribution is 0.602. The first-order valence-electron chi connectivity index (χ1n) is 5.85. The molecule has 0 aliphatic rings. The van der Waals surface area contributed by atoms with Gasteiger partial charge in [0.25, 0.3) is 0 Å². The number of benzene rings is 1. The van der Waals surface area contributed by atoms with Crippen LogP contribution in [-0.4, -0.2) is 24.9 Å². The lowest BCUT2D eigenvalue weighted by Crippen LogP contribution is -2.18. The van der Waals surface area contributed by atoms with Crippen LogP contribution in [0.25, 0.3) is 0 Å². The maximum absolute atomic E-state index is 11.9. The van der Waals surface area contributed by atoms with Crippen LogP contribution in [-0.2, 0) is 10.0 Å². The number of sulfonamides is 1. The van der Waals surface area contributed by atoms with E-state index >= 15 is 0 Å². The van der Waals surface area contributed by atoms with Crippen LogP contribution >= 0.6 is 23.1 Å². The summed E-state index contributed by atoms with van der Waals surface area (Å²) in [7, 11) is -3.35. The molecule has 1 aromatic heterocycles. The molecule has 1 heterocycles. The number of hydrogen-bond acceptors (Lipinski definition) is 6. The third-order valence-corrected chi connectivity index (χ3v) is 5.89. The average Bonchev–Trinajstić information content (AvgIpc) is 2.76. The van der Waals surface area contributed by atoms with Crippen LogP contribution in [0.4, 0.5) is 10.8 Å². The second kappa shape index (κ2) is 6.47. The summed E-state index contributed by atoms with van der Waals surface area (Å²) in [5.41, 5.74) is 7.10. The molecule has 0 radical (unpaired) electrons. The molecule has 0 amide bonds. The Hall–Kier alpha value is -1.25. The highest BCUT2D eigenvalue weighted by Gasteiger charge is 2.12. The summed E-state index contributed by atoms with van der Waals surface area (Å²) >= 11 is 2.77. The summed E-state index contributed by atoms with van der Waals surface area (Å²) in [5.74, 6) is 0.518. The first kappa shape index (κ1) is 15.1. The van der Waals surface area contributed by atoms with Gasteiger partial charge in [0.1, 0.15) is 0 Å². The minimum Gasteiger partial charge on any atom is -0.399 e. The quantitative estimate of drug-likeness (QED) is 0.628. The second-order valence-corrected chi connectivity index (χ2v) is 8.00. The fourth-order valence-corrected chi connectivity index (χ4v) is 4.71. The van der Waals surface area contributed by atoms with E-state index in [1.165, 1.54) is 23.1 Å². The zero-order valence-corrected chi connectivity index (χ0v) is 13.3. The van der Waals surface area contributed by atoms with E-state index in [1.807, 2.05) is 19.1 Å². The number of nitrogens with one attached hydrogen (secondary N) is 1. The summed E-state index contributed by atoms with van der Waals surface area (Å²) in [5, 5.41) is 2.22. The maximum Gasteiger partial charge on any atom is 0.235 e. The predicted octanol–water partition coefficient (Wildman–Crippen LogP) is 2.57. The number of nitrogens with two attached hydrogens (primary N) is 1. The van der Waals surface area contributed by atoms with Crippen molar-refractivity contribution in [1.82, 2.24) is 4.98 Å². The first-order chi connectivity index (χ1) is 9.44. The lowest BCUT2D eigenvalue weighted by Gasteiger charge is -2.05. The molecule has 0 unspecified atom stereocenters. The van der Waals surface area contributed by atoms with E-state index in [-0.39, 0.29) is 5.75 Å². The maximum atomic E-state index is 11.9. The number of thiazole rings is 1. The topological polar surface area (TPSA) is 85.1 Å². The number of nitrogens with zero attached hydrogens (tertiary/aromatic N) is 1. The van der Waals surface area contributed by atoms with E-state index in [0.29, 0.717) is 16.6 Å². The standard InChI is InChI=1S/C12H15N3O2S3/c1-9-8-19-12(14-9)15-20(16,17)7-6-18-11-4-2-10(13)3-5-11/h2-5,8H,6-7,13H2,1H3,(H,14,15). The summed E-state index contributed by atoms with van der Waals surface area (Å²) in [6, 6.07) is 7.36. The molecule has 0 atom stereocenters. The summed E-state index contributed by atoms with van der Waals surface area (Å²) in [6.07, 6.45) is 0. The molecule has 108 valence electrons. The molecule has 1 aromatic carbocycles. The van der Waals surface area contributed by atoms with Gasteiger partial charge < -0.3 is 5.73 Å². The minimum absolute atomic E-state index is 0.0423. The molecule has 0 saturated heterocycles. The van der Waals surface area contributed by atoms with Gasteiger partial charge in [0.05, 0.1) is 11.4 Å². The largest absolute Gasteiger partial charge is 0.399 e. The van der Waals surface area contributed by atoms with E-state index in [1.54, 1.807) is 17.5 Å². The molecule has 0 bridgehead atoms. The number of hydrogen-bond donors (Lipinski definition) is 2. The highest BCUT2D eigenvalue weighted by molar-refractivity contribution is 8.01. The van der Waals surface area contributed by atoms with Crippen molar-refractivity contribution >= 4 is 43.9 Å². The second-order valence-electron chi connectivity index (χ2n) is 4.13. The molecule has 0 fully saturated rings. The van der Waals surface area contributed by atoms with Crippen molar-refractivity contribution in [2.24, 2.45) is 0 Å². The third kappa shape index (κ3) is 4.69. The van der Waals surface area contributed by atoms with Crippen LogP contribution < -0.4 is 10.5 Å². The third-order valence-electron chi connectivity index (χ3n) is 2.36. The normalized spacial score (nSPS) is 11.4. The van der Waals surface area contributed by atoms with Crippen LogP contribution in [0.15, 0.2) is 34.5 Å². The molecule has 0 saturated carbocycles. The molecule has 3 N–H and O–H groups in total. The molecule has 0 spiro atoms. The molecule has 2 rings (SSSR count). The van der Waals surface area contributed by atoms with E-state index in [0.717, 1.165) is 10.6 Å². The number of thioether (sulfide) groups is 1. The van der Waals surface area contributed by atoms with Gasteiger partial charge in [0, 0.05) is 21.7 Å². The molecule has 8 heteroatoms. The smallest absolute Gasteiger partial charge is 0.235 e. The van der Waals surface area contributed by atoms with Crippen LogP contribution in [0, 0.1) is 6.92 Å². The highest BCUT2D eigenvalue weighted by atomic mass is 32.2. The number of anilines is 2. The van der Waals surface area contributed by atoms with Gasteiger partial charge in [-0.15, -0.1) is 23.1 Å². The van der Waals surface area contributed by atoms with Crippen molar-refractivity contribution in [3.8, 4) is 0 Å². The van der Waals surface area contributed by atoms with Crippen LogP contribution in [0.3, 0.4) is 0 Å². The van der Waals surface area contributed by atoms with E-state index in [4.69, 9.17) is 5.73 Å². The van der Waals surface area contributed by atoms with Gasteiger partial charge in [-0.05, 0) is 31.2 Å². The summed E-state index contributed by atoms with van der Waals surface area (Å²) in [4.78, 5) is 5.08. The Balaban J connectivity index is 1.84. The lowest BCUT2D eigenvalue weighted by atomic mass is 10.3. The van der Waals surface area contributed by atoms with Gasteiger partial charge in [-0.2, -0.15) is 0 Å². The Morgan fingerprint density at radius 1 is 1.35 bits per heavy atom. The zero-order chi connectivity index (χ0) is 14.6. The van der Waals surface area contributed by atoms with E-state index < -0.39 is 10.0 Å². The number of nitrogen functional groups attached to an aromatic ring is 1. The Morgan fingerprint density at radius 2 is 2.05 bits per heavy atom. The minimum atomic E-state index is -3.35. The molecular formula is C12H15N3O2S3. The number of rotatable bonds is 6. The van der Waals surface area contributed by atoms with Gasteiger partial charge in [0.15, 0.2) is 5.13 Å². The first-order valence-corrected chi connectivity index (χ1v) is 9.37. The Kier molecular flexibility index (Phi) is 4.90. The van der Waals surface area contributed by atoms with Crippen molar-refractivity contribution in [1.29, 1.82) is 0 Å². The molecule has 20 heavy (non-hydrogen) atoms. The predicted molar refractivity (Wildman–Crippen MR) is 85.8 cm³/mol. The van der Waals surface area contributed by atoms with Crippen molar-refractivity contribution in [3.63, 3.8) is 0 Å². The summed E-state index contributed by atoms with van der Waals surface area (Å²) < 4.78 is 26.2. The van der Waals surface area contributed by atoms with Gasteiger partial charge >= 0.3 is 0 Å². The van der Waals surface area contributed by atoms with Crippen LogP contribution in [0.1, 0.15) is 5.69 Å². The van der Waals surface area contributed by atoms with Crippen molar-refractivity contribution in [2.45, 2.75) is 11.8 Å². The van der Waals surface area contributed by atoms with Crippen molar-refractivity contribution < 1.29 is 8.42 Å². The van der Waals surface area contributed by atoms with E-state index in [9.17, 15) is 8.42 Å². The Labute approximate surface area is 126 Å². The van der Waals surface area contributed by atoms with Crippen LogP contribution in [0.5, 0.6) is 0 Å². The molecule has 2 aromatic rings. The monoisotopic (exact) mass is 329 g/mol. The highest BCUT2D eigenvalue weighted by Crippen LogP contribution is 2.20. The molecular weight excluding hydrogens is 314 g/mol. The fourth-order valence-electron chi connectivity index (χ4n) is 1.42. The van der Waals surface area contributed by atoms with Gasteiger partial charge in [-0.25, -0.2) is 13.4 Å². The average molecular weight is 329 g/mol. The summed E-state index contributed by atoms with van der Waals surface area (Å²) in [6.45, 7) is 1.82. The van der Waals surface area contributed by atoms with Crippen molar-refractivity contribution in [3.05, 3.63) is 35.3 Å². The Bertz CT molecular complexity index is 666. The SMILES string of the molecule is Cc1csc(NS(=O)(=O)CCSc2ccc(N)cc2)n1. The Morgan fingerprint density at radius 3 is 2.65 bits per heavy atom. The molecule has 5 nitrogen and oxygen atoms in total. The number of aryl methyl sites for hydroxylation is 1. The van der Waals surface area contributed by atoms with Gasteiger partial charge in [-0.3, -0.25) is 4.72 Å². The van der Waals surface area contributed by atoms with Gasteiger partial charge in [-0.1, -0.05) is 0 Å².